The molecule has 0 aliphatic carbocycles. The van der Waals surface area contributed by atoms with Crippen molar-refractivity contribution in [2.45, 2.75) is 32.1 Å². The molecule has 92 valence electrons. The van der Waals surface area contributed by atoms with Gasteiger partial charge >= 0.3 is 6.09 Å². The van der Waals surface area contributed by atoms with E-state index in [2.05, 4.69) is 4.90 Å². The standard InChI is InChI=1S/C12H22N2O2/c15-12(14-8-4-5-9-14)16-11-10-13-6-2-1-3-7-13/h1-11H2. The number of piperidine rings is 1. The molecule has 0 bridgehead atoms. The van der Waals surface area contributed by atoms with Gasteiger partial charge in [0.2, 0.25) is 0 Å². The zero-order valence-corrected chi connectivity index (χ0v) is 9.99. The van der Waals surface area contributed by atoms with Crippen LogP contribution in [0.15, 0.2) is 0 Å². The highest BCUT2D eigenvalue weighted by atomic mass is 16.6. The molecule has 2 rings (SSSR count). The number of ether oxygens (including phenoxy) is 1. The molecule has 2 aliphatic rings. The summed E-state index contributed by atoms with van der Waals surface area (Å²) in [5, 5.41) is 0. The summed E-state index contributed by atoms with van der Waals surface area (Å²) < 4.78 is 5.27. The average molecular weight is 226 g/mol. The molecule has 0 spiro atoms. The third-order valence-corrected chi connectivity index (χ3v) is 3.45. The number of hydrogen-bond donors (Lipinski definition) is 0. The quantitative estimate of drug-likeness (QED) is 0.734. The smallest absolute Gasteiger partial charge is 0.409 e. The minimum atomic E-state index is -0.116. The molecule has 0 aromatic heterocycles. The maximum Gasteiger partial charge on any atom is 0.409 e. The van der Waals surface area contributed by atoms with Crippen molar-refractivity contribution >= 4 is 6.09 Å². The van der Waals surface area contributed by atoms with E-state index >= 15 is 0 Å². The topological polar surface area (TPSA) is 32.8 Å². The second-order valence-corrected chi connectivity index (χ2v) is 4.71. The van der Waals surface area contributed by atoms with Gasteiger partial charge < -0.3 is 9.64 Å². The van der Waals surface area contributed by atoms with Gasteiger partial charge in [-0.3, -0.25) is 4.90 Å². The second-order valence-electron chi connectivity index (χ2n) is 4.71. The highest BCUT2D eigenvalue weighted by Gasteiger charge is 2.19. The lowest BCUT2D eigenvalue weighted by atomic mass is 10.1. The zero-order chi connectivity index (χ0) is 11.2. The summed E-state index contributed by atoms with van der Waals surface area (Å²) in [7, 11) is 0. The number of nitrogens with zero attached hydrogens (tertiary/aromatic N) is 2. The van der Waals surface area contributed by atoms with E-state index in [4.69, 9.17) is 4.74 Å². The first kappa shape index (κ1) is 11.7. The van der Waals surface area contributed by atoms with E-state index in [-0.39, 0.29) is 6.09 Å². The molecule has 0 unspecified atom stereocenters. The summed E-state index contributed by atoms with van der Waals surface area (Å²) in [6.45, 7) is 5.54. The highest BCUT2D eigenvalue weighted by Crippen LogP contribution is 2.10. The Labute approximate surface area is 97.5 Å². The van der Waals surface area contributed by atoms with Crippen molar-refractivity contribution in [2.24, 2.45) is 0 Å². The zero-order valence-electron chi connectivity index (χ0n) is 9.99. The summed E-state index contributed by atoms with van der Waals surface area (Å²) in [5.74, 6) is 0. The number of likely N-dealkylation sites (tertiary alicyclic amines) is 2. The van der Waals surface area contributed by atoms with Gasteiger partial charge in [0.1, 0.15) is 6.61 Å². The molecule has 0 atom stereocenters. The van der Waals surface area contributed by atoms with Crippen LogP contribution in [0, 0.1) is 0 Å². The lowest BCUT2D eigenvalue weighted by molar-refractivity contribution is 0.0934. The average Bonchev–Trinajstić information content (AvgIpc) is 2.84. The van der Waals surface area contributed by atoms with E-state index in [1.165, 1.54) is 32.4 Å². The molecule has 0 aromatic rings. The molecular weight excluding hydrogens is 204 g/mol. The van der Waals surface area contributed by atoms with Gasteiger partial charge in [-0.2, -0.15) is 0 Å². The monoisotopic (exact) mass is 226 g/mol. The predicted molar refractivity (Wildman–Crippen MR) is 62.4 cm³/mol. The lowest BCUT2D eigenvalue weighted by Crippen LogP contribution is -2.35. The first-order valence-corrected chi connectivity index (χ1v) is 6.50. The van der Waals surface area contributed by atoms with E-state index < -0.39 is 0 Å². The van der Waals surface area contributed by atoms with Crippen LogP contribution in [0.25, 0.3) is 0 Å². The van der Waals surface area contributed by atoms with E-state index in [1.54, 1.807) is 0 Å². The predicted octanol–water partition coefficient (Wildman–Crippen LogP) is 1.70. The number of carbonyl (C=O) groups is 1. The number of amides is 1. The SMILES string of the molecule is O=C(OCCN1CCCCC1)N1CCCC1. The number of carbonyl (C=O) groups excluding carboxylic acids is 1. The number of hydrogen-bond acceptors (Lipinski definition) is 3. The fourth-order valence-electron chi connectivity index (χ4n) is 2.44. The molecule has 4 heteroatoms. The lowest BCUT2D eigenvalue weighted by Gasteiger charge is -2.26. The Hall–Kier alpha value is -0.770. The molecule has 2 saturated heterocycles. The van der Waals surface area contributed by atoms with Crippen molar-refractivity contribution in [3.8, 4) is 0 Å². The van der Waals surface area contributed by atoms with Crippen molar-refractivity contribution in [1.82, 2.24) is 9.80 Å². The third kappa shape index (κ3) is 3.37. The Morgan fingerprint density at radius 3 is 2.25 bits per heavy atom. The fraction of sp³-hybridized carbons (Fsp3) is 0.917. The Bertz CT molecular complexity index is 221. The van der Waals surface area contributed by atoms with Gasteiger partial charge in [-0.1, -0.05) is 6.42 Å². The molecule has 0 aromatic carbocycles. The minimum absolute atomic E-state index is 0.116. The first-order valence-electron chi connectivity index (χ1n) is 6.50. The summed E-state index contributed by atoms with van der Waals surface area (Å²) in [6, 6.07) is 0. The van der Waals surface area contributed by atoms with Crippen LogP contribution < -0.4 is 0 Å². The molecule has 0 radical (unpaired) electrons. The van der Waals surface area contributed by atoms with Crippen molar-refractivity contribution in [2.75, 3.05) is 39.3 Å². The second kappa shape index (κ2) is 6.09. The van der Waals surface area contributed by atoms with Crippen LogP contribution in [-0.4, -0.2) is 55.2 Å². The Morgan fingerprint density at radius 1 is 0.938 bits per heavy atom. The molecular formula is C12H22N2O2. The van der Waals surface area contributed by atoms with Crippen LogP contribution in [0.5, 0.6) is 0 Å². The van der Waals surface area contributed by atoms with Crippen LogP contribution in [0.2, 0.25) is 0 Å². The highest BCUT2D eigenvalue weighted by molar-refractivity contribution is 5.67. The fourth-order valence-corrected chi connectivity index (χ4v) is 2.44. The molecule has 0 saturated carbocycles. The van der Waals surface area contributed by atoms with E-state index in [1.807, 2.05) is 4.90 Å². The third-order valence-electron chi connectivity index (χ3n) is 3.45. The minimum Gasteiger partial charge on any atom is -0.448 e. The van der Waals surface area contributed by atoms with Crippen molar-refractivity contribution in [3.05, 3.63) is 0 Å². The van der Waals surface area contributed by atoms with E-state index in [9.17, 15) is 4.79 Å². The van der Waals surface area contributed by atoms with Crippen molar-refractivity contribution < 1.29 is 9.53 Å². The van der Waals surface area contributed by atoms with E-state index in [0.29, 0.717) is 6.61 Å². The van der Waals surface area contributed by atoms with Crippen LogP contribution in [0.3, 0.4) is 0 Å². The normalized spacial score (nSPS) is 22.4. The van der Waals surface area contributed by atoms with Gasteiger partial charge in [0.15, 0.2) is 0 Å². The maximum absolute atomic E-state index is 11.6. The van der Waals surface area contributed by atoms with Gasteiger partial charge in [0.05, 0.1) is 0 Å². The first-order chi connectivity index (χ1) is 7.86. The Kier molecular flexibility index (Phi) is 4.45. The summed E-state index contributed by atoms with van der Waals surface area (Å²) in [4.78, 5) is 15.8. The van der Waals surface area contributed by atoms with Gasteiger partial charge in [-0.25, -0.2) is 4.79 Å². The molecule has 16 heavy (non-hydrogen) atoms. The Morgan fingerprint density at radius 2 is 1.56 bits per heavy atom. The molecule has 0 N–H and O–H groups in total. The summed E-state index contributed by atoms with van der Waals surface area (Å²) in [6.07, 6.45) is 6.07. The Balaban J connectivity index is 1.57. The van der Waals surface area contributed by atoms with Crippen LogP contribution in [-0.2, 0) is 4.74 Å². The van der Waals surface area contributed by atoms with Crippen molar-refractivity contribution in [3.63, 3.8) is 0 Å². The maximum atomic E-state index is 11.6. The number of rotatable bonds is 3. The molecule has 2 fully saturated rings. The van der Waals surface area contributed by atoms with Gasteiger partial charge in [0.25, 0.3) is 0 Å². The molecule has 4 nitrogen and oxygen atoms in total. The van der Waals surface area contributed by atoms with Crippen molar-refractivity contribution in [1.29, 1.82) is 0 Å². The molecule has 2 heterocycles. The molecule has 1 amide bonds. The summed E-state index contributed by atoms with van der Waals surface area (Å²) in [5.41, 5.74) is 0. The molecule has 2 aliphatic heterocycles. The van der Waals surface area contributed by atoms with Gasteiger partial charge in [-0.05, 0) is 38.8 Å². The van der Waals surface area contributed by atoms with Gasteiger partial charge in [-0.15, -0.1) is 0 Å². The summed E-state index contributed by atoms with van der Waals surface area (Å²) >= 11 is 0. The van der Waals surface area contributed by atoms with E-state index in [0.717, 1.165) is 32.5 Å². The van der Waals surface area contributed by atoms with Crippen LogP contribution in [0.4, 0.5) is 4.79 Å². The largest absolute Gasteiger partial charge is 0.448 e. The van der Waals surface area contributed by atoms with Crippen LogP contribution >= 0.6 is 0 Å². The van der Waals surface area contributed by atoms with Crippen LogP contribution in [0.1, 0.15) is 32.1 Å². The van der Waals surface area contributed by atoms with Gasteiger partial charge in [0, 0.05) is 19.6 Å².